The van der Waals surface area contributed by atoms with Crippen LogP contribution in [0.2, 0.25) is 0 Å². The van der Waals surface area contributed by atoms with E-state index in [-0.39, 0.29) is 29.7 Å². The Labute approximate surface area is 116 Å². The molecule has 0 amide bonds. The summed E-state index contributed by atoms with van der Waals surface area (Å²) in [6.07, 6.45) is -3.10. The van der Waals surface area contributed by atoms with Crippen LogP contribution < -0.4 is 5.32 Å². The fraction of sp³-hybridized carbons (Fsp3) is 0.308. The number of benzene rings is 1. The molecule has 0 radical (unpaired) electrons. The van der Waals surface area contributed by atoms with Gasteiger partial charge < -0.3 is 5.32 Å². The van der Waals surface area contributed by atoms with Crippen molar-refractivity contribution >= 4 is 22.3 Å². The van der Waals surface area contributed by atoms with Crippen molar-refractivity contribution < 1.29 is 18.1 Å². The number of halogens is 3. The van der Waals surface area contributed by atoms with Gasteiger partial charge in [0.05, 0.1) is 4.92 Å². The number of nitrogens with zero attached hydrogens (tertiary/aromatic N) is 2. The van der Waals surface area contributed by atoms with Gasteiger partial charge in [-0.15, -0.1) is 0 Å². The van der Waals surface area contributed by atoms with Crippen molar-refractivity contribution in [1.82, 2.24) is 4.98 Å². The summed E-state index contributed by atoms with van der Waals surface area (Å²) in [4.78, 5) is 14.3. The Bertz CT molecular complexity index is 726. The highest BCUT2D eigenvalue weighted by Gasteiger charge is 2.63. The van der Waals surface area contributed by atoms with Gasteiger partial charge in [-0.2, -0.15) is 13.2 Å². The van der Waals surface area contributed by atoms with Crippen molar-refractivity contribution in [3.05, 3.63) is 40.6 Å². The van der Waals surface area contributed by atoms with E-state index in [1.54, 1.807) is 0 Å². The van der Waals surface area contributed by atoms with E-state index in [2.05, 4.69) is 10.3 Å². The van der Waals surface area contributed by atoms with E-state index >= 15 is 0 Å². The number of aromatic nitrogens is 1. The second-order valence-electron chi connectivity index (χ2n) is 4.99. The van der Waals surface area contributed by atoms with Crippen molar-refractivity contribution in [2.75, 3.05) is 5.32 Å². The van der Waals surface area contributed by atoms with E-state index in [1.165, 1.54) is 30.5 Å². The molecule has 1 fully saturated rings. The minimum Gasteiger partial charge on any atom is -0.371 e. The van der Waals surface area contributed by atoms with E-state index in [0.717, 1.165) is 0 Å². The average molecular weight is 297 g/mol. The van der Waals surface area contributed by atoms with Crippen LogP contribution in [-0.4, -0.2) is 21.6 Å². The topological polar surface area (TPSA) is 68.1 Å². The summed E-state index contributed by atoms with van der Waals surface area (Å²) < 4.78 is 39.0. The molecule has 1 aromatic heterocycles. The summed E-state index contributed by atoms with van der Waals surface area (Å²) >= 11 is 0. The molecule has 0 bridgehead atoms. The zero-order chi connectivity index (χ0) is 15.3. The minimum atomic E-state index is -4.36. The molecule has 2 aromatic rings. The molecule has 110 valence electrons. The molecule has 0 aliphatic heterocycles. The third-order valence-corrected chi connectivity index (χ3v) is 3.61. The number of fused-ring (bicyclic) bond motifs is 1. The SMILES string of the molecule is O=[N+]([O-])c1cccc2c(NC3(C(F)(F)F)CC3)ccnc12. The number of anilines is 1. The maximum absolute atomic E-state index is 13.0. The molecule has 1 N–H and O–H groups in total. The summed E-state index contributed by atoms with van der Waals surface area (Å²) in [5.41, 5.74) is -1.87. The van der Waals surface area contributed by atoms with Crippen LogP contribution in [0.5, 0.6) is 0 Å². The van der Waals surface area contributed by atoms with Gasteiger partial charge in [-0.05, 0) is 18.9 Å². The number of hydrogen-bond donors (Lipinski definition) is 1. The van der Waals surface area contributed by atoms with Crippen molar-refractivity contribution in [3.8, 4) is 0 Å². The van der Waals surface area contributed by atoms with Gasteiger partial charge in [-0.25, -0.2) is 4.98 Å². The zero-order valence-electron chi connectivity index (χ0n) is 10.6. The quantitative estimate of drug-likeness (QED) is 0.693. The average Bonchev–Trinajstić information content (AvgIpc) is 3.19. The molecule has 8 heteroatoms. The molecule has 0 unspecified atom stereocenters. The van der Waals surface area contributed by atoms with E-state index in [4.69, 9.17) is 0 Å². The first-order valence-electron chi connectivity index (χ1n) is 6.21. The van der Waals surface area contributed by atoms with Gasteiger partial charge in [0, 0.05) is 23.3 Å². The molecule has 1 aliphatic rings. The lowest BCUT2D eigenvalue weighted by atomic mass is 10.1. The Kier molecular flexibility index (Phi) is 2.79. The van der Waals surface area contributed by atoms with Crippen molar-refractivity contribution in [2.45, 2.75) is 24.6 Å². The Morgan fingerprint density at radius 1 is 1.29 bits per heavy atom. The standard InChI is InChI=1S/C13H10F3N3O2/c14-13(15,16)12(5-6-12)18-9-4-7-17-11-8(9)2-1-3-10(11)19(20)21/h1-4,7H,5-6H2,(H,17,18). The summed E-state index contributed by atoms with van der Waals surface area (Å²) in [5.74, 6) is 0. The molecular weight excluding hydrogens is 287 g/mol. The minimum absolute atomic E-state index is 0.00472. The van der Waals surface area contributed by atoms with Gasteiger partial charge >= 0.3 is 6.18 Å². The van der Waals surface area contributed by atoms with Crippen molar-refractivity contribution in [1.29, 1.82) is 0 Å². The summed E-state index contributed by atoms with van der Waals surface area (Å²) in [6.45, 7) is 0. The number of para-hydroxylation sites is 1. The Morgan fingerprint density at radius 3 is 2.57 bits per heavy atom. The second kappa shape index (κ2) is 4.31. The highest BCUT2D eigenvalue weighted by atomic mass is 19.4. The maximum atomic E-state index is 13.0. The van der Waals surface area contributed by atoms with Gasteiger partial charge in [0.25, 0.3) is 5.69 Å². The molecule has 1 aliphatic carbocycles. The molecular formula is C13H10F3N3O2. The van der Waals surface area contributed by atoms with E-state index in [9.17, 15) is 23.3 Å². The van der Waals surface area contributed by atoms with Crippen molar-refractivity contribution in [2.24, 2.45) is 0 Å². The molecule has 1 heterocycles. The van der Waals surface area contributed by atoms with Gasteiger partial charge in [0.15, 0.2) is 0 Å². The third-order valence-electron chi connectivity index (χ3n) is 3.61. The lowest BCUT2D eigenvalue weighted by Gasteiger charge is -2.22. The first kappa shape index (κ1) is 13.6. The van der Waals surface area contributed by atoms with Crippen LogP contribution in [0.25, 0.3) is 10.9 Å². The Morgan fingerprint density at radius 2 is 2.00 bits per heavy atom. The van der Waals surface area contributed by atoms with Crippen LogP contribution in [0.4, 0.5) is 24.5 Å². The van der Waals surface area contributed by atoms with Crippen LogP contribution in [-0.2, 0) is 0 Å². The normalized spacial score (nSPS) is 16.7. The molecule has 0 saturated heterocycles. The fourth-order valence-electron chi connectivity index (χ4n) is 2.28. The Hall–Kier alpha value is -2.38. The number of pyridine rings is 1. The summed E-state index contributed by atoms with van der Waals surface area (Å²) in [5, 5.41) is 13.7. The van der Waals surface area contributed by atoms with Gasteiger partial charge in [-0.1, -0.05) is 12.1 Å². The molecule has 21 heavy (non-hydrogen) atoms. The molecule has 0 atom stereocenters. The zero-order valence-corrected chi connectivity index (χ0v) is 10.6. The summed E-state index contributed by atoms with van der Waals surface area (Å²) in [6, 6.07) is 5.62. The number of hydrogen-bond acceptors (Lipinski definition) is 4. The molecule has 5 nitrogen and oxygen atoms in total. The van der Waals surface area contributed by atoms with Gasteiger partial charge in [0.2, 0.25) is 0 Å². The summed E-state index contributed by atoms with van der Waals surface area (Å²) in [7, 11) is 0. The predicted octanol–water partition coefficient (Wildman–Crippen LogP) is 3.65. The van der Waals surface area contributed by atoms with Crippen LogP contribution in [0.1, 0.15) is 12.8 Å². The van der Waals surface area contributed by atoms with Crippen LogP contribution in [0, 0.1) is 10.1 Å². The van der Waals surface area contributed by atoms with Gasteiger partial charge in [-0.3, -0.25) is 10.1 Å². The number of non-ortho nitro benzene ring substituents is 1. The van der Waals surface area contributed by atoms with E-state index in [1.807, 2.05) is 0 Å². The Balaban J connectivity index is 2.09. The second-order valence-corrected chi connectivity index (χ2v) is 4.99. The predicted molar refractivity (Wildman–Crippen MR) is 70.0 cm³/mol. The van der Waals surface area contributed by atoms with Crippen LogP contribution in [0.3, 0.4) is 0 Å². The monoisotopic (exact) mass is 297 g/mol. The molecule has 1 aromatic carbocycles. The maximum Gasteiger partial charge on any atom is 0.411 e. The molecule has 1 saturated carbocycles. The van der Waals surface area contributed by atoms with E-state index < -0.39 is 16.6 Å². The lowest BCUT2D eigenvalue weighted by molar-refractivity contribution is -0.383. The van der Waals surface area contributed by atoms with Gasteiger partial charge in [0.1, 0.15) is 11.1 Å². The van der Waals surface area contributed by atoms with Crippen LogP contribution >= 0.6 is 0 Å². The molecule has 0 spiro atoms. The first-order valence-corrected chi connectivity index (χ1v) is 6.21. The first-order chi connectivity index (χ1) is 9.84. The number of alkyl halides is 3. The highest BCUT2D eigenvalue weighted by molar-refractivity contribution is 5.96. The third kappa shape index (κ3) is 2.16. The number of rotatable bonds is 3. The highest BCUT2D eigenvalue weighted by Crippen LogP contribution is 2.51. The number of nitro groups is 1. The lowest BCUT2D eigenvalue weighted by Crippen LogP contribution is -2.38. The fourth-order valence-corrected chi connectivity index (χ4v) is 2.28. The van der Waals surface area contributed by atoms with Crippen LogP contribution in [0.15, 0.2) is 30.5 Å². The smallest absolute Gasteiger partial charge is 0.371 e. The number of nitrogens with one attached hydrogen (secondary N) is 1. The van der Waals surface area contributed by atoms with Crippen molar-refractivity contribution in [3.63, 3.8) is 0 Å². The number of nitro benzene ring substituents is 1. The molecule has 3 rings (SSSR count). The van der Waals surface area contributed by atoms with E-state index in [0.29, 0.717) is 5.39 Å². The largest absolute Gasteiger partial charge is 0.411 e.